The van der Waals surface area contributed by atoms with Crippen molar-refractivity contribution in [3.8, 4) is 0 Å². The lowest BCUT2D eigenvalue weighted by Crippen LogP contribution is -2.41. The molecule has 1 amide bonds. The molecule has 0 saturated heterocycles. The fourth-order valence-corrected chi connectivity index (χ4v) is 1.45. The topological polar surface area (TPSA) is 89.5 Å². The standard InChI is InChI=1S/C10H17NO5S/c1-4-6-7-9(12)11-8(5-2)10(13)16-17(3,14)15/h4,8H,1,5-7H2,2-3H3,(H,11,12). The second-order valence-electron chi connectivity index (χ2n) is 3.46. The van der Waals surface area contributed by atoms with Crippen LogP contribution in [0, 0.1) is 0 Å². The minimum absolute atomic E-state index is 0.201. The zero-order valence-corrected chi connectivity index (χ0v) is 10.7. The van der Waals surface area contributed by atoms with Gasteiger partial charge in [-0.05, 0) is 12.8 Å². The molecule has 6 nitrogen and oxygen atoms in total. The number of nitrogens with one attached hydrogen (secondary N) is 1. The number of carbonyl (C=O) groups is 2. The van der Waals surface area contributed by atoms with Gasteiger partial charge in [0.25, 0.3) is 0 Å². The lowest BCUT2D eigenvalue weighted by Gasteiger charge is -2.14. The maximum absolute atomic E-state index is 11.4. The number of carbonyl (C=O) groups excluding carboxylic acids is 2. The maximum Gasteiger partial charge on any atom is 0.344 e. The van der Waals surface area contributed by atoms with Gasteiger partial charge in [0.15, 0.2) is 0 Å². The summed E-state index contributed by atoms with van der Waals surface area (Å²) in [5, 5.41) is 2.40. The quantitative estimate of drug-likeness (QED) is 0.529. The minimum Gasteiger partial charge on any atom is -0.344 e. The molecule has 0 fully saturated rings. The summed E-state index contributed by atoms with van der Waals surface area (Å²) in [7, 11) is -3.85. The van der Waals surface area contributed by atoms with Crippen LogP contribution in [0.4, 0.5) is 0 Å². The molecule has 0 aliphatic heterocycles. The zero-order chi connectivity index (χ0) is 13.5. The van der Waals surface area contributed by atoms with Gasteiger partial charge in [-0.15, -0.1) is 6.58 Å². The Bertz CT molecular complexity index is 388. The highest BCUT2D eigenvalue weighted by Crippen LogP contribution is 2.00. The van der Waals surface area contributed by atoms with E-state index in [1.54, 1.807) is 13.0 Å². The molecule has 0 radical (unpaired) electrons. The maximum atomic E-state index is 11.4. The summed E-state index contributed by atoms with van der Waals surface area (Å²) in [5.41, 5.74) is 0. The van der Waals surface area contributed by atoms with Crippen molar-refractivity contribution in [1.82, 2.24) is 5.32 Å². The molecule has 0 saturated carbocycles. The first-order valence-electron chi connectivity index (χ1n) is 5.13. The van der Waals surface area contributed by atoms with E-state index in [2.05, 4.69) is 16.1 Å². The predicted octanol–water partition coefficient (Wildman–Crippen LogP) is 0.350. The monoisotopic (exact) mass is 263 g/mol. The second kappa shape index (κ2) is 7.05. The van der Waals surface area contributed by atoms with Crippen LogP contribution in [0.3, 0.4) is 0 Å². The number of amides is 1. The van der Waals surface area contributed by atoms with Gasteiger partial charge in [0.2, 0.25) is 5.91 Å². The summed E-state index contributed by atoms with van der Waals surface area (Å²) in [6.45, 7) is 5.11. The normalized spacial score (nSPS) is 12.6. The van der Waals surface area contributed by atoms with E-state index in [4.69, 9.17) is 0 Å². The molecule has 98 valence electrons. The van der Waals surface area contributed by atoms with Gasteiger partial charge in [-0.25, -0.2) is 4.79 Å². The van der Waals surface area contributed by atoms with Crippen molar-refractivity contribution in [3.05, 3.63) is 12.7 Å². The van der Waals surface area contributed by atoms with E-state index in [0.717, 1.165) is 6.26 Å². The Labute approximate surface area is 101 Å². The summed E-state index contributed by atoms with van der Waals surface area (Å²) in [6.07, 6.45) is 3.30. The fraction of sp³-hybridized carbons (Fsp3) is 0.600. The Kier molecular flexibility index (Phi) is 6.48. The van der Waals surface area contributed by atoms with E-state index in [1.165, 1.54) is 0 Å². The van der Waals surface area contributed by atoms with Gasteiger partial charge in [0.05, 0.1) is 6.26 Å². The first kappa shape index (κ1) is 15.6. The Morgan fingerprint density at radius 2 is 2.06 bits per heavy atom. The van der Waals surface area contributed by atoms with Gasteiger partial charge < -0.3 is 9.50 Å². The Hall–Kier alpha value is -1.37. The lowest BCUT2D eigenvalue weighted by molar-refractivity contribution is -0.138. The van der Waals surface area contributed by atoms with Crippen LogP contribution in [-0.4, -0.2) is 32.6 Å². The molecule has 0 bridgehead atoms. The molecular weight excluding hydrogens is 246 g/mol. The van der Waals surface area contributed by atoms with Gasteiger partial charge >= 0.3 is 16.1 Å². The first-order chi connectivity index (χ1) is 7.80. The summed E-state index contributed by atoms with van der Waals surface area (Å²) in [6, 6.07) is -0.943. The third kappa shape index (κ3) is 7.51. The van der Waals surface area contributed by atoms with Crippen molar-refractivity contribution >= 4 is 22.0 Å². The van der Waals surface area contributed by atoms with Crippen molar-refractivity contribution in [2.45, 2.75) is 32.2 Å². The molecule has 1 N–H and O–H groups in total. The van der Waals surface area contributed by atoms with Crippen molar-refractivity contribution in [2.75, 3.05) is 6.26 Å². The Morgan fingerprint density at radius 1 is 1.47 bits per heavy atom. The van der Waals surface area contributed by atoms with E-state index in [1.807, 2.05) is 0 Å². The van der Waals surface area contributed by atoms with E-state index in [9.17, 15) is 18.0 Å². The van der Waals surface area contributed by atoms with Crippen molar-refractivity contribution in [2.24, 2.45) is 0 Å². The number of hydrogen-bond acceptors (Lipinski definition) is 5. The Morgan fingerprint density at radius 3 is 2.47 bits per heavy atom. The minimum atomic E-state index is -3.85. The number of allylic oxidation sites excluding steroid dienone is 1. The molecule has 0 aliphatic rings. The van der Waals surface area contributed by atoms with Crippen molar-refractivity contribution in [1.29, 1.82) is 0 Å². The molecule has 0 aromatic rings. The van der Waals surface area contributed by atoms with E-state index in [0.29, 0.717) is 6.42 Å². The molecule has 17 heavy (non-hydrogen) atoms. The average Bonchev–Trinajstić information content (AvgIpc) is 2.20. The van der Waals surface area contributed by atoms with E-state index in [-0.39, 0.29) is 18.7 Å². The Balaban J connectivity index is 4.37. The first-order valence-corrected chi connectivity index (χ1v) is 6.95. The fourth-order valence-electron chi connectivity index (χ4n) is 1.03. The van der Waals surface area contributed by atoms with Crippen LogP contribution in [0.15, 0.2) is 12.7 Å². The summed E-state index contributed by atoms with van der Waals surface area (Å²) >= 11 is 0. The predicted molar refractivity (Wildman–Crippen MR) is 62.6 cm³/mol. The van der Waals surface area contributed by atoms with E-state index < -0.39 is 22.1 Å². The average molecular weight is 263 g/mol. The summed E-state index contributed by atoms with van der Waals surface area (Å²) < 4.78 is 25.7. The molecule has 0 heterocycles. The van der Waals surface area contributed by atoms with Gasteiger partial charge in [0, 0.05) is 6.42 Å². The number of rotatable bonds is 7. The van der Waals surface area contributed by atoms with Crippen LogP contribution < -0.4 is 5.32 Å². The van der Waals surface area contributed by atoms with Crippen LogP contribution in [0.25, 0.3) is 0 Å². The highest BCUT2D eigenvalue weighted by Gasteiger charge is 2.23. The summed E-state index contributed by atoms with van der Waals surface area (Å²) in [4.78, 5) is 22.7. The molecule has 1 atom stereocenters. The molecule has 0 aliphatic carbocycles. The van der Waals surface area contributed by atoms with E-state index >= 15 is 0 Å². The SMILES string of the molecule is C=CCCC(=O)NC(CC)C(=O)OS(C)(=O)=O. The van der Waals surface area contributed by atoms with Gasteiger partial charge in [-0.2, -0.15) is 8.42 Å². The molecule has 0 aromatic heterocycles. The number of hydrogen-bond donors (Lipinski definition) is 1. The van der Waals surface area contributed by atoms with Gasteiger partial charge in [-0.1, -0.05) is 13.0 Å². The van der Waals surface area contributed by atoms with Crippen LogP contribution in [0.1, 0.15) is 26.2 Å². The lowest BCUT2D eigenvalue weighted by atomic mass is 10.2. The molecule has 0 spiro atoms. The van der Waals surface area contributed by atoms with Gasteiger partial charge in [0.1, 0.15) is 6.04 Å². The third-order valence-electron chi connectivity index (χ3n) is 1.84. The van der Waals surface area contributed by atoms with Crippen molar-refractivity contribution in [3.63, 3.8) is 0 Å². The molecule has 0 rings (SSSR count). The van der Waals surface area contributed by atoms with Gasteiger partial charge in [-0.3, -0.25) is 4.79 Å². The molecule has 7 heteroatoms. The smallest absolute Gasteiger partial charge is 0.344 e. The van der Waals surface area contributed by atoms with Crippen LogP contribution in [0.5, 0.6) is 0 Å². The highest BCUT2D eigenvalue weighted by atomic mass is 32.2. The third-order valence-corrected chi connectivity index (χ3v) is 2.30. The molecule has 0 aromatic carbocycles. The molecular formula is C10H17NO5S. The highest BCUT2D eigenvalue weighted by molar-refractivity contribution is 7.86. The zero-order valence-electron chi connectivity index (χ0n) is 9.93. The second-order valence-corrected chi connectivity index (χ2v) is 5.04. The summed E-state index contributed by atoms with van der Waals surface area (Å²) in [5.74, 6) is -1.32. The largest absolute Gasteiger partial charge is 0.344 e. The van der Waals surface area contributed by atoms with Crippen molar-refractivity contribution < 1.29 is 22.2 Å². The molecule has 1 unspecified atom stereocenters. The van der Waals surface area contributed by atoms with Crippen LogP contribution >= 0.6 is 0 Å². The van der Waals surface area contributed by atoms with Crippen LogP contribution in [0.2, 0.25) is 0 Å². The van der Waals surface area contributed by atoms with Crippen LogP contribution in [-0.2, 0) is 23.9 Å².